The third kappa shape index (κ3) is 3.58. The van der Waals surface area contributed by atoms with Gasteiger partial charge in [-0.05, 0) is 43.2 Å². The molecule has 2 aliphatic rings. The summed E-state index contributed by atoms with van der Waals surface area (Å²) in [5.41, 5.74) is 0.310. The first-order chi connectivity index (χ1) is 13.9. The first-order valence-corrected chi connectivity index (χ1v) is 9.44. The molecule has 2 fully saturated rings. The molecule has 4 rings (SSSR count). The first kappa shape index (κ1) is 19.1. The molecule has 1 atom stereocenters. The van der Waals surface area contributed by atoms with Crippen molar-refractivity contribution < 1.29 is 19.3 Å². The van der Waals surface area contributed by atoms with Gasteiger partial charge in [0.1, 0.15) is 6.04 Å². The van der Waals surface area contributed by atoms with Gasteiger partial charge in [-0.3, -0.25) is 24.5 Å². The maximum atomic E-state index is 13.1. The molecule has 29 heavy (non-hydrogen) atoms. The SMILES string of the molecule is O=C1CC(N(C(=O)c2cccc([N+](=O)[O-])c2)C2CC2)C(=O)N1c1ccc(Cl)cc1. The second-order valence-corrected chi connectivity index (χ2v) is 7.45. The molecule has 8 nitrogen and oxygen atoms in total. The first-order valence-electron chi connectivity index (χ1n) is 9.06. The molecule has 1 saturated heterocycles. The summed E-state index contributed by atoms with van der Waals surface area (Å²) in [6.07, 6.45) is 1.32. The van der Waals surface area contributed by atoms with Gasteiger partial charge in [-0.2, -0.15) is 0 Å². The molecule has 3 amide bonds. The third-order valence-electron chi connectivity index (χ3n) is 5.02. The van der Waals surface area contributed by atoms with Gasteiger partial charge >= 0.3 is 0 Å². The van der Waals surface area contributed by atoms with Gasteiger partial charge in [0.05, 0.1) is 17.0 Å². The number of halogens is 1. The highest BCUT2D eigenvalue weighted by molar-refractivity contribution is 6.31. The highest BCUT2D eigenvalue weighted by Gasteiger charge is 2.49. The van der Waals surface area contributed by atoms with Crippen molar-refractivity contribution in [2.75, 3.05) is 4.90 Å². The topological polar surface area (TPSA) is 101 Å². The Hall–Kier alpha value is -3.26. The van der Waals surface area contributed by atoms with E-state index in [9.17, 15) is 24.5 Å². The van der Waals surface area contributed by atoms with Crippen molar-refractivity contribution in [1.82, 2.24) is 4.90 Å². The molecule has 0 N–H and O–H groups in total. The fraction of sp³-hybridized carbons (Fsp3) is 0.250. The number of nitro benzene ring substituents is 1. The molecule has 0 aromatic heterocycles. The van der Waals surface area contributed by atoms with Crippen LogP contribution >= 0.6 is 11.6 Å². The van der Waals surface area contributed by atoms with Crippen LogP contribution in [0.15, 0.2) is 48.5 Å². The Bertz CT molecular complexity index is 1020. The summed E-state index contributed by atoms with van der Waals surface area (Å²) in [5.74, 6) is -1.37. The van der Waals surface area contributed by atoms with Crippen LogP contribution in [-0.4, -0.2) is 39.6 Å². The number of benzene rings is 2. The number of nitrogens with zero attached hydrogens (tertiary/aromatic N) is 3. The molecule has 148 valence electrons. The van der Waals surface area contributed by atoms with E-state index in [1.54, 1.807) is 24.3 Å². The Morgan fingerprint density at radius 2 is 1.83 bits per heavy atom. The average molecular weight is 414 g/mol. The minimum absolute atomic E-state index is 0.122. The predicted octanol–water partition coefficient (Wildman–Crippen LogP) is 3.18. The van der Waals surface area contributed by atoms with E-state index >= 15 is 0 Å². The van der Waals surface area contributed by atoms with Gasteiger partial charge in [-0.1, -0.05) is 17.7 Å². The van der Waals surface area contributed by atoms with E-state index in [-0.39, 0.29) is 23.7 Å². The number of rotatable bonds is 5. The van der Waals surface area contributed by atoms with Crippen LogP contribution in [0.25, 0.3) is 0 Å². The highest BCUT2D eigenvalue weighted by atomic mass is 35.5. The smallest absolute Gasteiger partial charge is 0.270 e. The molecular formula is C20H16ClN3O5. The number of hydrogen-bond acceptors (Lipinski definition) is 5. The van der Waals surface area contributed by atoms with Crippen molar-refractivity contribution in [3.8, 4) is 0 Å². The predicted molar refractivity (Wildman–Crippen MR) is 105 cm³/mol. The molecule has 1 saturated carbocycles. The molecule has 2 aromatic rings. The van der Waals surface area contributed by atoms with E-state index < -0.39 is 28.7 Å². The van der Waals surface area contributed by atoms with E-state index in [0.29, 0.717) is 10.7 Å². The molecule has 2 aromatic carbocycles. The molecule has 1 heterocycles. The summed E-state index contributed by atoms with van der Waals surface area (Å²) in [6, 6.07) is 10.6. The quantitative estimate of drug-likeness (QED) is 0.425. The molecule has 1 aliphatic carbocycles. The van der Waals surface area contributed by atoms with Crippen LogP contribution in [0.4, 0.5) is 11.4 Å². The summed E-state index contributed by atoms with van der Waals surface area (Å²) in [7, 11) is 0. The summed E-state index contributed by atoms with van der Waals surface area (Å²) in [6.45, 7) is 0. The largest absolute Gasteiger partial charge is 0.323 e. The maximum Gasteiger partial charge on any atom is 0.270 e. The van der Waals surface area contributed by atoms with E-state index in [1.165, 1.54) is 29.2 Å². The van der Waals surface area contributed by atoms with Crippen LogP contribution in [0.1, 0.15) is 29.6 Å². The molecule has 1 unspecified atom stereocenters. The van der Waals surface area contributed by atoms with Gasteiger partial charge in [0.15, 0.2) is 0 Å². The van der Waals surface area contributed by atoms with Gasteiger partial charge in [0.25, 0.3) is 17.5 Å². The molecular weight excluding hydrogens is 398 g/mol. The molecule has 0 radical (unpaired) electrons. The summed E-state index contributed by atoms with van der Waals surface area (Å²) in [5, 5.41) is 11.5. The number of anilines is 1. The molecule has 1 aliphatic heterocycles. The van der Waals surface area contributed by atoms with Gasteiger partial charge in [-0.15, -0.1) is 0 Å². The van der Waals surface area contributed by atoms with Crippen LogP contribution in [0, 0.1) is 10.1 Å². The van der Waals surface area contributed by atoms with Crippen LogP contribution < -0.4 is 4.90 Å². The maximum absolute atomic E-state index is 13.1. The fourth-order valence-corrected chi connectivity index (χ4v) is 3.64. The number of carbonyl (C=O) groups is 3. The lowest BCUT2D eigenvalue weighted by atomic mass is 10.1. The summed E-state index contributed by atoms with van der Waals surface area (Å²) < 4.78 is 0. The Labute approximate surface area is 170 Å². The Morgan fingerprint density at radius 3 is 2.45 bits per heavy atom. The lowest BCUT2D eigenvalue weighted by Crippen LogP contribution is -2.46. The minimum Gasteiger partial charge on any atom is -0.323 e. The van der Waals surface area contributed by atoms with Crippen LogP contribution in [-0.2, 0) is 9.59 Å². The lowest BCUT2D eigenvalue weighted by molar-refractivity contribution is -0.384. The van der Waals surface area contributed by atoms with Gasteiger partial charge in [0, 0.05) is 28.8 Å². The number of non-ortho nitro benzene ring substituents is 1. The average Bonchev–Trinajstić information content (AvgIpc) is 3.49. The van der Waals surface area contributed by atoms with Crippen molar-refractivity contribution in [2.24, 2.45) is 0 Å². The molecule has 0 bridgehead atoms. The van der Waals surface area contributed by atoms with Crippen molar-refractivity contribution >= 4 is 40.7 Å². The van der Waals surface area contributed by atoms with Crippen molar-refractivity contribution in [2.45, 2.75) is 31.3 Å². The third-order valence-corrected chi connectivity index (χ3v) is 5.27. The Kier molecular flexibility index (Phi) is 4.79. The molecule has 0 spiro atoms. The second kappa shape index (κ2) is 7.29. The van der Waals surface area contributed by atoms with Crippen LogP contribution in [0.5, 0.6) is 0 Å². The van der Waals surface area contributed by atoms with Gasteiger partial charge < -0.3 is 4.90 Å². The van der Waals surface area contributed by atoms with Crippen LogP contribution in [0.3, 0.4) is 0 Å². The van der Waals surface area contributed by atoms with E-state index in [1.807, 2.05) is 0 Å². The molecule has 9 heteroatoms. The van der Waals surface area contributed by atoms with Crippen molar-refractivity contribution in [3.63, 3.8) is 0 Å². The fourth-order valence-electron chi connectivity index (χ4n) is 3.51. The van der Waals surface area contributed by atoms with Crippen molar-refractivity contribution in [1.29, 1.82) is 0 Å². The zero-order valence-corrected chi connectivity index (χ0v) is 15.9. The van der Waals surface area contributed by atoms with Gasteiger partial charge in [0.2, 0.25) is 5.91 Å². The number of carbonyl (C=O) groups excluding carboxylic acids is 3. The van der Waals surface area contributed by atoms with E-state index in [2.05, 4.69) is 0 Å². The monoisotopic (exact) mass is 413 g/mol. The highest BCUT2D eigenvalue weighted by Crippen LogP contribution is 2.35. The Morgan fingerprint density at radius 1 is 1.14 bits per heavy atom. The second-order valence-electron chi connectivity index (χ2n) is 7.01. The Balaban J connectivity index is 1.64. The van der Waals surface area contributed by atoms with Crippen molar-refractivity contribution in [3.05, 3.63) is 69.2 Å². The summed E-state index contributed by atoms with van der Waals surface area (Å²) in [4.78, 5) is 51.7. The van der Waals surface area contributed by atoms with Crippen LogP contribution in [0.2, 0.25) is 5.02 Å². The van der Waals surface area contributed by atoms with Gasteiger partial charge in [-0.25, -0.2) is 4.90 Å². The zero-order valence-electron chi connectivity index (χ0n) is 15.2. The minimum atomic E-state index is -0.933. The number of amides is 3. The normalized spacial score (nSPS) is 18.8. The van der Waals surface area contributed by atoms with E-state index in [0.717, 1.165) is 17.7 Å². The zero-order chi connectivity index (χ0) is 20.7. The summed E-state index contributed by atoms with van der Waals surface area (Å²) >= 11 is 5.88. The van der Waals surface area contributed by atoms with E-state index in [4.69, 9.17) is 11.6 Å². The standard InChI is InChI=1S/C20H16ClN3O5/c21-13-4-6-15(7-5-13)23-18(25)11-17(20(23)27)22(14-8-9-14)19(26)12-2-1-3-16(10-12)24(28)29/h1-7,10,14,17H,8-9,11H2. The number of hydrogen-bond donors (Lipinski definition) is 0. The number of imide groups is 1. The number of nitro groups is 1. The lowest BCUT2D eigenvalue weighted by Gasteiger charge is -2.27.